The Morgan fingerprint density at radius 2 is 2.09 bits per heavy atom. The molecule has 5 heteroatoms. The smallest absolute Gasteiger partial charge is 0.251 e. The number of benzene rings is 1. The molecule has 0 saturated carbocycles. The molecule has 0 saturated heterocycles. The van der Waals surface area contributed by atoms with Gasteiger partial charge in [-0.25, -0.2) is 0 Å². The second-order valence-corrected chi connectivity index (χ2v) is 6.81. The van der Waals surface area contributed by atoms with E-state index in [1.54, 1.807) is 0 Å². The van der Waals surface area contributed by atoms with Crippen LogP contribution in [0.15, 0.2) is 29.6 Å². The Morgan fingerprint density at radius 1 is 1.23 bits per heavy atom. The molecule has 1 unspecified atom stereocenters. The van der Waals surface area contributed by atoms with Crippen LogP contribution >= 0.6 is 23.7 Å². The highest BCUT2D eigenvalue weighted by Crippen LogP contribution is 2.33. The Balaban J connectivity index is 0.00000144. The number of carbonyl (C=O) groups is 1. The third-order valence-electron chi connectivity index (χ3n) is 4.46. The van der Waals surface area contributed by atoms with Gasteiger partial charge in [-0.3, -0.25) is 4.79 Å². The van der Waals surface area contributed by atoms with Gasteiger partial charge >= 0.3 is 0 Å². The molecule has 2 N–H and O–H groups in total. The van der Waals surface area contributed by atoms with E-state index in [4.69, 9.17) is 0 Å². The van der Waals surface area contributed by atoms with E-state index in [1.807, 2.05) is 23.5 Å². The van der Waals surface area contributed by atoms with Crippen LogP contribution in [0.5, 0.6) is 0 Å². The number of halogens is 1. The molecule has 2 aromatic rings. The van der Waals surface area contributed by atoms with Crippen LogP contribution in [-0.2, 0) is 19.5 Å². The number of rotatable bonds is 2. The Kier molecular flexibility index (Phi) is 4.52. The van der Waals surface area contributed by atoms with Crippen molar-refractivity contribution in [3.05, 3.63) is 56.8 Å². The SMILES string of the molecule is Cl.O=C(NC1CCCc2sccc21)c1ccc2c(c1)CNC2. The summed E-state index contributed by atoms with van der Waals surface area (Å²) in [5.41, 5.74) is 4.66. The number of hydrogen-bond donors (Lipinski definition) is 2. The number of fused-ring (bicyclic) bond motifs is 2. The van der Waals surface area contributed by atoms with Crippen LogP contribution in [-0.4, -0.2) is 5.91 Å². The lowest BCUT2D eigenvalue weighted by molar-refractivity contribution is 0.0933. The van der Waals surface area contributed by atoms with Gasteiger partial charge in [-0.1, -0.05) is 6.07 Å². The van der Waals surface area contributed by atoms with Crippen LogP contribution < -0.4 is 10.6 Å². The van der Waals surface area contributed by atoms with Crippen LogP contribution in [0.1, 0.15) is 50.8 Å². The average molecular weight is 335 g/mol. The molecular weight excluding hydrogens is 316 g/mol. The highest BCUT2D eigenvalue weighted by atomic mass is 35.5. The van der Waals surface area contributed by atoms with Crippen LogP contribution in [0.3, 0.4) is 0 Å². The van der Waals surface area contributed by atoms with Gasteiger partial charge in [-0.05, 0) is 59.5 Å². The molecule has 1 aliphatic heterocycles. The standard InChI is InChI=1S/C17H18N2OS.ClH/c20-17(11-4-5-12-9-18-10-13(12)8-11)19-15-2-1-3-16-14(15)6-7-21-16;/h4-8,15,18H,1-3,9-10H2,(H,19,20);1H. The zero-order chi connectivity index (χ0) is 14.2. The van der Waals surface area contributed by atoms with Crippen LogP contribution in [0, 0.1) is 0 Å². The van der Waals surface area contributed by atoms with E-state index in [9.17, 15) is 4.79 Å². The minimum Gasteiger partial charge on any atom is -0.345 e. The second-order valence-electron chi connectivity index (χ2n) is 5.80. The molecule has 1 atom stereocenters. The summed E-state index contributed by atoms with van der Waals surface area (Å²) >= 11 is 1.81. The van der Waals surface area contributed by atoms with E-state index in [0.29, 0.717) is 0 Å². The molecule has 4 rings (SSSR count). The fraction of sp³-hybridized carbons (Fsp3) is 0.353. The number of nitrogens with one attached hydrogen (secondary N) is 2. The van der Waals surface area contributed by atoms with Gasteiger partial charge in [0.2, 0.25) is 0 Å². The number of amides is 1. The first-order chi connectivity index (χ1) is 10.3. The van der Waals surface area contributed by atoms with Crippen molar-refractivity contribution in [2.75, 3.05) is 0 Å². The maximum Gasteiger partial charge on any atom is 0.251 e. The van der Waals surface area contributed by atoms with E-state index in [0.717, 1.165) is 37.9 Å². The number of hydrogen-bond acceptors (Lipinski definition) is 3. The number of thiophene rings is 1. The van der Waals surface area contributed by atoms with E-state index in [2.05, 4.69) is 28.1 Å². The van der Waals surface area contributed by atoms with Crippen molar-refractivity contribution >= 4 is 29.7 Å². The normalized spacial score (nSPS) is 19.0. The van der Waals surface area contributed by atoms with Gasteiger partial charge in [0.25, 0.3) is 5.91 Å². The zero-order valence-electron chi connectivity index (χ0n) is 12.2. The summed E-state index contributed by atoms with van der Waals surface area (Å²) in [7, 11) is 0. The summed E-state index contributed by atoms with van der Waals surface area (Å²) in [5.74, 6) is 0.0498. The lowest BCUT2D eigenvalue weighted by Crippen LogP contribution is -2.30. The van der Waals surface area contributed by atoms with E-state index < -0.39 is 0 Å². The molecule has 3 nitrogen and oxygen atoms in total. The first-order valence-electron chi connectivity index (χ1n) is 7.51. The van der Waals surface area contributed by atoms with Gasteiger partial charge in [0.15, 0.2) is 0 Å². The van der Waals surface area contributed by atoms with Crippen molar-refractivity contribution in [2.45, 2.75) is 38.4 Å². The molecule has 1 amide bonds. The molecular formula is C17H19ClN2OS. The first kappa shape index (κ1) is 15.5. The molecule has 1 aliphatic carbocycles. The summed E-state index contributed by atoms with van der Waals surface area (Å²) in [6, 6.07) is 8.39. The fourth-order valence-corrected chi connectivity index (χ4v) is 4.30. The van der Waals surface area contributed by atoms with Gasteiger partial charge < -0.3 is 10.6 Å². The largest absolute Gasteiger partial charge is 0.345 e. The number of aryl methyl sites for hydroxylation is 1. The predicted octanol–water partition coefficient (Wildman–Crippen LogP) is 3.58. The highest BCUT2D eigenvalue weighted by molar-refractivity contribution is 7.10. The quantitative estimate of drug-likeness (QED) is 0.881. The molecule has 1 aromatic heterocycles. The van der Waals surface area contributed by atoms with Crippen molar-refractivity contribution in [2.24, 2.45) is 0 Å². The summed E-state index contributed by atoms with van der Waals surface area (Å²) in [6.45, 7) is 1.78. The van der Waals surface area contributed by atoms with E-state index in [-0.39, 0.29) is 24.4 Å². The molecule has 2 aliphatic rings. The summed E-state index contributed by atoms with van der Waals surface area (Å²) < 4.78 is 0. The van der Waals surface area contributed by atoms with Crippen molar-refractivity contribution in [1.82, 2.24) is 10.6 Å². The van der Waals surface area contributed by atoms with Crippen LogP contribution in [0.2, 0.25) is 0 Å². The third kappa shape index (κ3) is 2.78. The van der Waals surface area contributed by atoms with Crippen LogP contribution in [0.4, 0.5) is 0 Å². The van der Waals surface area contributed by atoms with E-state index in [1.165, 1.54) is 21.6 Å². The van der Waals surface area contributed by atoms with Crippen LogP contribution in [0.25, 0.3) is 0 Å². The second kappa shape index (κ2) is 6.41. The summed E-state index contributed by atoms with van der Waals surface area (Å²) in [5, 5.41) is 8.67. The Bertz CT molecular complexity index is 698. The molecule has 116 valence electrons. The van der Waals surface area contributed by atoms with Gasteiger partial charge in [0, 0.05) is 23.5 Å². The predicted molar refractivity (Wildman–Crippen MR) is 91.7 cm³/mol. The maximum atomic E-state index is 12.5. The van der Waals surface area contributed by atoms with Crippen molar-refractivity contribution in [1.29, 1.82) is 0 Å². The van der Waals surface area contributed by atoms with Crippen molar-refractivity contribution in [3.8, 4) is 0 Å². The topological polar surface area (TPSA) is 41.1 Å². The van der Waals surface area contributed by atoms with Gasteiger partial charge in [-0.15, -0.1) is 23.7 Å². The Morgan fingerprint density at radius 3 is 3.00 bits per heavy atom. The lowest BCUT2D eigenvalue weighted by atomic mass is 9.93. The average Bonchev–Trinajstić information content (AvgIpc) is 3.15. The van der Waals surface area contributed by atoms with Gasteiger partial charge in [0.05, 0.1) is 6.04 Å². The molecule has 0 spiro atoms. The highest BCUT2D eigenvalue weighted by Gasteiger charge is 2.23. The Hall–Kier alpha value is -1.36. The molecule has 22 heavy (non-hydrogen) atoms. The summed E-state index contributed by atoms with van der Waals surface area (Å²) in [6.07, 6.45) is 3.36. The molecule has 0 fully saturated rings. The molecule has 0 bridgehead atoms. The maximum absolute atomic E-state index is 12.5. The van der Waals surface area contributed by atoms with E-state index >= 15 is 0 Å². The first-order valence-corrected chi connectivity index (χ1v) is 8.39. The Labute approximate surface area is 140 Å². The lowest BCUT2D eigenvalue weighted by Gasteiger charge is -2.23. The number of carbonyl (C=O) groups excluding carboxylic acids is 1. The minimum absolute atomic E-state index is 0. The third-order valence-corrected chi connectivity index (χ3v) is 5.45. The van der Waals surface area contributed by atoms with Gasteiger partial charge in [-0.2, -0.15) is 0 Å². The zero-order valence-corrected chi connectivity index (χ0v) is 13.9. The molecule has 1 aromatic carbocycles. The minimum atomic E-state index is 0. The fourth-order valence-electron chi connectivity index (χ4n) is 3.31. The molecule has 0 radical (unpaired) electrons. The molecule has 2 heterocycles. The summed E-state index contributed by atoms with van der Waals surface area (Å²) in [4.78, 5) is 14.0. The van der Waals surface area contributed by atoms with Crippen molar-refractivity contribution in [3.63, 3.8) is 0 Å². The van der Waals surface area contributed by atoms with Crippen molar-refractivity contribution < 1.29 is 4.79 Å². The van der Waals surface area contributed by atoms with Gasteiger partial charge in [0.1, 0.15) is 0 Å². The monoisotopic (exact) mass is 334 g/mol.